The molecule has 5 heteroatoms. The highest BCUT2D eigenvalue weighted by Gasteiger charge is 2.08. The molecule has 1 aromatic heterocycles. The van der Waals surface area contributed by atoms with E-state index in [-0.39, 0.29) is 11.3 Å². The van der Waals surface area contributed by atoms with E-state index in [2.05, 4.69) is 0 Å². The Morgan fingerprint density at radius 3 is 2.58 bits per heavy atom. The zero-order valence-corrected chi connectivity index (χ0v) is 10.3. The SMILES string of the molecule is COc1ccc(Cn2ccc(O)c(C#N)c2=O)cc1. The van der Waals surface area contributed by atoms with Crippen LogP contribution in [0.2, 0.25) is 0 Å². The van der Waals surface area contributed by atoms with Crippen LogP contribution in [0.15, 0.2) is 41.3 Å². The first-order chi connectivity index (χ1) is 9.15. The Morgan fingerprint density at radius 1 is 1.32 bits per heavy atom. The van der Waals surface area contributed by atoms with Crippen LogP contribution in [0.25, 0.3) is 0 Å². The molecule has 5 nitrogen and oxygen atoms in total. The molecule has 0 aliphatic carbocycles. The Bertz CT molecular complexity index is 681. The molecular weight excluding hydrogens is 244 g/mol. The van der Waals surface area contributed by atoms with Crippen molar-refractivity contribution in [1.82, 2.24) is 4.57 Å². The minimum absolute atomic E-state index is 0.240. The zero-order valence-electron chi connectivity index (χ0n) is 10.3. The van der Waals surface area contributed by atoms with Gasteiger partial charge in [0, 0.05) is 6.20 Å². The lowest BCUT2D eigenvalue weighted by Crippen LogP contribution is -2.22. The second-order valence-electron chi connectivity index (χ2n) is 3.97. The van der Waals surface area contributed by atoms with Gasteiger partial charge in [0.25, 0.3) is 5.56 Å². The molecular formula is C14H12N2O3. The molecule has 0 unspecified atom stereocenters. The summed E-state index contributed by atoms with van der Waals surface area (Å²) in [6.45, 7) is 0.331. The molecule has 0 atom stereocenters. The van der Waals surface area contributed by atoms with Crippen LogP contribution in [-0.2, 0) is 6.54 Å². The highest BCUT2D eigenvalue weighted by atomic mass is 16.5. The van der Waals surface area contributed by atoms with Crippen molar-refractivity contribution < 1.29 is 9.84 Å². The number of aromatic nitrogens is 1. The molecule has 2 aromatic rings. The average Bonchev–Trinajstić information content (AvgIpc) is 2.43. The number of rotatable bonds is 3. The maximum atomic E-state index is 11.9. The molecule has 0 aliphatic rings. The van der Waals surface area contributed by atoms with Gasteiger partial charge in [-0.15, -0.1) is 0 Å². The largest absolute Gasteiger partial charge is 0.506 e. The summed E-state index contributed by atoms with van der Waals surface area (Å²) < 4.78 is 6.43. The third-order valence-corrected chi connectivity index (χ3v) is 2.77. The van der Waals surface area contributed by atoms with Gasteiger partial charge in [-0.25, -0.2) is 0 Å². The third kappa shape index (κ3) is 2.58. The van der Waals surface area contributed by atoms with Gasteiger partial charge in [0.05, 0.1) is 13.7 Å². The molecule has 0 saturated carbocycles. The third-order valence-electron chi connectivity index (χ3n) is 2.77. The molecule has 1 aromatic carbocycles. The lowest BCUT2D eigenvalue weighted by Gasteiger charge is -2.07. The number of ether oxygens (including phenoxy) is 1. The molecule has 0 bridgehead atoms. The Kier molecular flexibility index (Phi) is 3.53. The van der Waals surface area contributed by atoms with Crippen LogP contribution >= 0.6 is 0 Å². The molecule has 0 amide bonds. The zero-order chi connectivity index (χ0) is 13.8. The number of hydrogen-bond donors (Lipinski definition) is 1. The quantitative estimate of drug-likeness (QED) is 0.902. The summed E-state index contributed by atoms with van der Waals surface area (Å²) in [6, 6.07) is 10.3. The van der Waals surface area contributed by atoms with Crippen molar-refractivity contribution in [3.05, 3.63) is 58.0 Å². The minimum Gasteiger partial charge on any atom is -0.506 e. The Morgan fingerprint density at radius 2 is 2.00 bits per heavy atom. The van der Waals surface area contributed by atoms with E-state index in [1.54, 1.807) is 25.3 Å². The highest BCUT2D eigenvalue weighted by Crippen LogP contribution is 2.13. The highest BCUT2D eigenvalue weighted by molar-refractivity contribution is 5.39. The van der Waals surface area contributed by atoms with E-state index in [0.717, 1.165) is 11.3 Å². The summed E-state index contributed by atoms with van der Waals surface area (Å²) in [5.74, 6) is 0.443. The van der Waals surface area contributed by atoms with Crippen molar-refractivity contribution >= 4 is 0 Å². The van der Waals surface area contributed by atoms with Crippen LogP contribution in [0.4, 0.5) is 0 Å². The Hall–Kier alpha value is -2.74. The fraction of sp³-hybridized carbons (Fsp3) is 0.143. The van der Waals surface area contributed by atoms with Crippen LogP contribution < -0.4 is 10.3 Å². The maximum Gasteiger partial charge on any atom is 0.272 e. The van der Waals surface area contributed by atoms with Gasteiger partial charge in [-0.1, -0.05) is 12.1 Å². The number of benzene rings is 1. The van der Waals surface area contributed by atoms with E-state index >= 15 is 0 Å². The molecule has 0 radical (unpaired) electrons. The standard InChI is InChI=1S/C14H12N2O3/c1-19-11-4-2-10(3-5-11)9-16-7-6-13(17)12(8-15)14(16)18/h2-7,17H,9H2,1H3. The van der Waals surface area contributed by atoms with Crippen LogP contribution in [0.5, 0.6) is 11.5 Å². The van der Waals surface area contributed by atoms with Crippen LogP contribution in [0, 0.1) is 11.3 Å². The van der Waals surface area contributed by atoms with E-state index in [4.69, 9.17) is 10.00 Å². The van der Waals surface area contributed by atoms with E-state index < -0.39 is 5.56 Å². The Balaban J connectivity index is 2.34. The van der Waals surface area contributed by atoms with E-state index in [1.807, 2.05) is 12.1 Å². The van der Waals surface area contributed by atoms with Crippen LogP contribution in [-0.4, -0.2) is 16.8 Å². The second kappa shape index (κ2) is 5.27. The maximum absolute atomic E-state index is 11.9. The fourth-order valence-corrected chi connectivity index (χ4v) is 1.72. The summed E-state index contributed by atoms with van der Waals surface area (Å²) in [4.78, 5) is 11.9. The summed E-state index contributed by atoms with van der Waals surface area (Å²) in [6.07, 6.45) is 1.46. The summed E-state index contributed by atoms with van der Waals surface area (Å²) in [7, 11) is 1.58. The number of nitriles is 1. The number of pyridine rings is 1. The molecule has 0 fully saturated rings. The predicted octanol–water partition coefficient (Wildman–Crippen LogP) is 1.48. The van der Waals surface area contributed by atoms with Gasteiger partial charge < -0.3 is 14.4 Å². The first-order valence-electron chi connectivity index (χ1n) is 5.61. The number of nitrogens with zero attached hydrogens (tertiary/aromatic N) is 2. The van der Waals surface area contributed by atoms with Crippen molar-refractivity contribution in [1.29, 1.82) is 5.26 Å². The lowest BCUT2D eigenvalue weighted by molar-refractivity contribution is 0.414. The average molecular weight is 256 g/mol. The van der Waals surface area contributed by atoms with Gasteiger partial charge in [-0.2, -0.15) is 5.26 Å². The van der Waals surface area contributed by atoms with E-state index in [0.29, 0.717) is 6.54 Å². The Labute approximate surface area is 109 Å². The lowest BCUT2D eigenvalue weighted by atomic mass is 10.2. The molecule has 1 N–H and O–H groups in total. The van der Waals surface area contributed by atoms with Crippen LogP contribution in [0.3, 0.4) is 0 Å². The number of aromatic hydroxyl groups is 1. The molecule has 96 valence electrons. The van der Waals surface area contributed by atoms with Gasteiger partial charge >= 0.3 is 0 Å². The summed E-state index contributed by atoms with van der Waals surface area (Å²) in [5, 5.41) is 18.2. The molecule has 0 spiro atoms. The smallest absolute Gasteiger partial charge is 0.272 e. The first-order valence-corrected chi connectivity index (χ1v) is 5.61. The van der Waals surface area contributed by atoms with Gasteiger partial charge in [0.15, 0.2) is 5.56 Å². The van der Waals surface area contributed by atoms with Gasteiger partial charge in [0.1, 0.15) is 17.6 Å². The number of methoxy groups -OCH3 is 1. The summed E-state index contributed by atoms with van der Waals surface area (Å²) >= 11 is 0. The van der Waals surface area contributed by atoms with Crippen molar-refractivity contribution in [3.63, 3.8) is 0 Å². The summed E-state index contributed by atoms with van der Waals surface area (Å²) in [5.41, 5.74) is 0.159. The molecule has 19 heavy (non-hydrogen) atoms. The van der Waals surface area contributed by atoms with E-state index in [9.17, 15) is 9.90 Å². The van der Waals surface area contributed by atoms with Gasteiger partial charge in [-0.3, -0.25) is 4.79 Å². The molecule has 2 rings (SSSR count). The van der Waals surface area contributed by atoms with E-state index in [1.165, 1.54) is 16.8 Å². The van der Waals surface area contributed by atoms with Crippen molar-refractivity contribution in [2.75, 3.05) is 7.11 Å². The van der Waals surface area contributed by atoms with Crippen molar-refractivity contribution in [2.45, 2.75) is 6.54 Å². The predicted molar refractivity (Wildman–Crippen MR) is 69.2 cm³/mol. The monoisotopic (exact) mass is 256 g/mol. The topological polar surface area (TPSA) is 75.2 Å². The van der Waals surface area contributed by atoms with Gasteiger partial charge in [0.2, 0.25) is 0 Å². The first kappa shape index (κ1) is 12.7. The fourth-order valence-electron chi connectivity index (χ4n) is 1.72. The van der Waals surface area contributed by atoms with Crippen molar-refractivity contribution in [2.24, 2.45) is 0 Å². The molecule has 0 aliphatic heterocycles. The number of hydrogen-bond acceptors (Lipinski definition) is 4. The van der Waals surface area contributed by atoms with Crippen LogP contribution in [0.1, 0.15) is 11.1 Å². The second-order valence-corrected chi connectivity index (χ2v) is 3.97. The minimum atomic E-state index is -0.502. The van der Waals surface area contributed by atoms with Gasteiger partial charge in [-0.05, 0) is 23.8 Å². The molecule has 0 saturated heterocycles. The normalized spacial score (nSPS) is 9.89. The van der Waals surface area contributed by atoms with Crippen molar-refractivity contribution in [3.8, 4) is 17.6 Å². The molecule has 1 heterocycles.